The van der Waals surface area contributed by atoms with E-state index in [-0.39, 0.29) is 6.04 Å². The van der Waals surface area contributed by atoms with Crippen LogP contribution in [0.5, 0.6) is 0 Å². The third-order valence-electron chi connectivity index (χ3n) is 4.86. The van der Waals surface area contributed by atoms with Crippen LogP contribution in [0.15, 0.2) is 12.3 Å². The average molecular weight is 288 g/mol. The van der Waals surface area contributed by atoms with Crippen molar-refractivity contribution < 1.29 is 4.74 Å². The standard InChI is InChI=1S/C16H24N4O/c1-2-13(3-1)18-15-6-7-17-16(19-15)14-11-21-9-8-20(14)10-12-4-5-12/h6-7,12-14H,1-5,8-11H2,(H,17,18,19)/t14-/m0/s1. The van der Waals surface area contributed by atoms with Gasteiger partial charge in [-0.25, -0.2) is 9.97 Å². The van der Waals surface area contributed by atoms with E-state index in [2.05, 4.69) is 15.2 Å². The van der Waals surface area contributed by atoms with E-state index in [1.165, 1.54) is 38.6 Å². The molecule has 4 rings (SSSR count). The van der Waals surface area contributed by atoms with Crippen LogP contribution >= 0.6 is 0 Å². The summed E-state index contributed by atoms with van der Waals surface area (Å²) in [7, 11) is 0. The molecule has 0 amide bonds. The molecule has 1 N–H and O–H groups in total. The Morgan fingerprint density at radius 1 is 1.29 bits per heavy atom. The number of morpholine rings is 1. The summed E-state index contributed by atoms with van der Waals surface area (Å²) in [5, 5.41) is 3.52. The van der Waals surface area contributed by atoms with Crippen LogP contribution in [-0.2, 0) is 4.74 Å². The van der Waals surface area contributed by atoms with Gasteiger partial charge in [0.25, 0.3) is 0 Å². The normalized spacial score (nSPS) is 27.3. The van der Waals surface area contributed by atoms with Crippen LogP contribution in [0.25, 0.3) is 0 Å². The lowest BCUT2D eigenvalue weighted by Crippen LogP contribution is -2.41. The molecule has 114 valence electrons. The van der Waals surface area contributed by atoms with Gasteiger partial charge in [0, 0.05) is 25.3 Å². The summed E-state index contributed by atoms with van der Waals surface area (Å²) in [4.78, 5) is 11.8. The minimum atomic E-state index is 0.225. The van der Waals surface area contributed by atoms with Gasteiger partial charge < -0.3 is 10.1 Å². The van der Waals surface area contributed by atoms with Gasteiger partial charge in [-0.1, -0.05) is 0 Å². The maximum absolute atomic E-state index is 5.68. The molecule has 1 atom stereocenters. The molecule has 0 radical (unpaired) electrons. The number of ether oxygens (including phenoxy) is 1. The fourth-order valence-electron chi connectivity index (χ4n) is 3.10. The monoisotopic (exact) mass is 288 g/mol. The molecule has 5 heteroatoms. The van der Waals surface area contributed by atoms with Gasteiger partial charge >= 0.3 is 0 Å². The van der Waals surface area contributed by atoms with E-state index in [1.807, 2.05) is 12.3 Å². The summed E-state index contributed by atoms with van der Waals surface area (Å²) >= 11 is 0. The van der Waals surface area contributed by atoms with Crippen molar-refractivity contribution in [1.82, 2.24) is 14.9 Å². The van der Waals surface area contributed by atoms with Gasteiger partial charge in [0.2, 0.25) is 0 Å². The Labute approximate surface area is 126 Å². The molecule has 21 heavy (non-hydrogen) atoms. The lowest BCUT2D eigenvalue weighted by Gasteiger charge is -2.35. The molecule has 2 heterocycles. The number of anilines is 1. The second kappa shape index (κ2) is 5.89. The Balaban J connectivity index is 1.48. The molecule has 1 aromatic heterocycles. The molecule has 1 aromatic rings. The van der Waals surface area contributed by atoms with Crippen LogP contribution in [0.3, 0.4) is 0 Å². The molecular formula is C16H24N4O. The van der Waals surface area contributed by atoms with Crippen molar-refractivity contribution in [2.24, 2.45) is 5.92 Å². The van der Waals surface area contributed by atoms with Crippen molar-refractivity contribution in [2.45, 2.75) is 44.2 Å². The van der Waals surface area contributed by atoms with Crippen molar-refractivity contribution in [1.29, 1.82) is 0 Å². The quantitative estimate of drug-likeness (QED) is 0.900. The first-order valence-corrected chi connectivity index (χ1v) is 8.30. The minimum absolute atomic E-state index is 0.225. The molecule has 5 nitrogen and oxygen atoms in total. The summed E-state index contributed by atoms with van der Waals surface area (Å²) in [5.41, 5.74) is 0. The molecule has 0 unspecified atom stereocenters. The molecule has 0 spiro atoms. The van der Waals surface area contributed by atoms with Gasteiger partial charge in [-0.2, -0.15) is 0 Å². The average Bonchev–Trinajstić information content (AvgIpc) is 3.28. The van der Waals surface area contributed by atoms with Gasteiger partial charge in [0.1, 0.15) is 11.6 Å². The maximum atomic E-state index is 5.68. The first kappa shape index (κ1) is 13.5. The highest BCUT2D eigenvalue weighted by Gasteiger charge is 2.32. The number of hydrogen-bond donors (Lipinski definition) is 1. The van der Waals surface area contributed by atoms with Crippen LogP contribution in [0.2, 0.25) is 0 Å². The highest BCUT2D eigenvalue weighted by atomic mass is 16.5. The van der Waals surface area contributed by atoms with E-state index in [4.69, 9.17) is 9.72 Å². The maximum Gasteiger partial charge on any atom is 0.150 e. The van der Waals surface area contributed by atoms with E-state index in [1.54, 1.807) is 0 Å². The molecule has 1 saturated heterocycles. The van der Waals surface area contributed by atoms with Crippen molar-refractivity contribution in [3.63, 3.8) is 0 Å². The molecule has 0 bridgehead atoms. The fourth-order valence-corrected chi connectivity index (χ4v) is 3.10. The summed E-state index contributed by atoms with van der Waals surface area (Å²) in [6.07, 6.45) is 8.51. The van der Waals surface area contributed by atoms with Crippen molar-refractivity contribution in [3.05, 3.63) is 18.1 Å². The summed E-state index contributed by atoms with van der Waals surface area (Å²) in [6, 6.07) is 2.82. The zero-order valence-electron chi connectivity index (χ0n) is 12.5. The first-order valence-electron chi connectivity index (χ1n) is 8.30. The number of aromatic nitrogens is 2. The van der Waals surface area contributed by atoms with E-state index < -0.39 is 0 Å². The number of rotatable bonds is 5. The zero-order valence-corrected chi connectivity index (χ0v) is 12.5. The largest absolute Gasteiger partial charge is 0.378 e. The van der Waals surface area contributed by atoms with Gasteiger partial charge in [0.15, 0.2) is 0 Å². The van der Waals surface area contributed by atoms with Crippen LogP contribution in [-0.4, -0.2) is 47.2 Å². The van der Waals surface area contributed by atoms with Crippen LogP contribution in [0, 0.1) is 5.92 Å². The van der Waals surface area contributed by atoms with Crippen LogP contribution in [0.4, 0.5) is 5.82 Å². The number of nitrogens with zero attached hydrogens (tertiary/aromatic N) is 3. The van der Waals surface area contributed by atoms with Gasteiger partial charge in [-0.15, -0.1) is 0 Å². The molecule has 2 aliphatic carbocycles. The highest BCUT2D eigenvalue weighted by Crippen LogP contribution is 2.33. The molecular weight excluding hydrogens is 264 g/mol. The first-order chi connectivity index (χ1) is 10.4. The molecule has 0 aromatic carbocycles. The number of nitrogens with one attached hydrogen (secondary N) is 1. The topological polar surface area (TPSA) is 50.3 Å². The second-order valence-corrected chi connectivity index (χ2v) is 6.60. The molecule has 3 aliphatic rings. The fraction of sp³-hybridized carbons (Fsp3) is 0.750. The van der Waals surface area contributed by atoms with Gasteiger partial charge in [-0.3, -0.25) is 4.90 Å². The van der Waals surface area contributed by atoms with Crippen molar-refractivity contribution in [3.8, 4) is 0 Å². The summed E-state index contributed by atoms with van der Waals surface area (Å²) in [5.74, 6) is 2.78. The van der Waals surface area contributed by atoms with E-state index in [0.717, 1.165) is 37.3 Å². The predicted molar refractivity (Wildman–Crippen MR) is 81.2 cm³/mol. The lowest BCUT2D eigenvalue weighted by atomic mass is 9.93. The van der Waals surface area contributed by atoms with Gasteiger partial charge in [-0.05, 0) is 44.1 Å². The SMILES string of the molecule is c1cc(NC2CCC2)nc([C@@H]2COCCN2CC2CC2)n1. The molecule has 3 fully saturated rings. The number of hydrogen-bond acceptors (Lipinski definition) is 5. The highest BCUT2D eigenvalue weighted by molar-refractivity contribution is 5.35. The summed E-state index contributed by atoms with van der Waals surface area (Å²) in [6.45, 7) is 3.74. The van der Waals surface area contributed by atoms with E-state index in [0.29, 0.717) is 6.04 Å². The molecule has 2 saturated carbocycles. The second-order valence-electron chi connectivity index (χ2n) is 6.60. The minimum Gasteiger partial charge on any atom is -0.378 e. The van der Waals surface area contributed by atoms with E-state index >= 15 is 0 Å². The predicted octanol–water partition coefficient (Wildman–Crippen LogP) is 2.22. The third-order valence-corrected chi connectivity index (χ3v) is 4.86. The van der Waals surface area contributed by atoms with Gasteiger partial charge in [0.05, 0.1) is 19.3 Å². The Hall–Kier alpha value is -1.20. The lowest BCUT2D eigenvalue weighted by molar-refractivity contribution is -0.0137. The van der Waals surface area contributed by atoms with Crippen LogP contribution < -0.4 is 5.32 Å². The molecule has 1 aliphatic heterocycles. The zero-order chi connectivity index (χ0) is 14.1. The Bertz CT molecular complexity index is 487. The Morgan fingerprint density at radius 2 is 2.19 bits per heavy atom. The Morgan fingerprint density at radius 3 is 2.95 bits per heavy atom. The third kappa shape index (κ3) is 3.19. The van der Waals surface area contributed by atoms with Crippen molar-refractivity contribution in [2.75, 3.05) is 31.6 Å². The van der Waals surface area contributed by atoms with E-state index in [9.17, 15) is 0 Å². The van der Waals surface area contributed by atoms with Crippen molar-refractivity contribution >= 4 is 5.82 Å². The van der Waals surface area contributed by atoms with Crippen LogP contribution in [0.1, 0.15) is 44.0 Å². The smallest absolute Gasteiger partial charge is 0.150 e. The Kier molecular flexibility index (Phi) is 3.78. The summed E-state index contributed by atoms with van der Waals surface area (Å²) < 4.78 is 5.68.